The van der Waals surface area contributed by atoms with Crippen LogP contribution in [0.15, 0.2) is 29.0 Å². The van der Waals surface area contributed by atoms with Crippen molar-refractivity contribution in [3.05, 3.63) is 50.5 Å². The fraction of sp³-hybridized carbons (Fsp3) is 0.182. The summed E-state index contributed by atoms with van der Waals surface area (Å²) in [7, 11) is 1.04. The second kappa shape index (κ2) is 6.31. The van der Waals surface area contributed by atoms with Gasteiger partial charge in [0, 0.05) is 4.91 Å². The van der Waals surface area contributed by atoms with E-state index in [2.05, 4.69) is 14.8 Å². The maximum Gasteiger partial charge on any atom is 0.417 e. The number of nitrogens with zero attached hydrogens (tertiary/aromatic N) is 3. The number of carbonyl (C=O) groups is 1. The van der Waals surface area contributed by atoms with Crippen LogP contribution in [0, 0.1) is 0 Å². The Morgan fingerprint density at radius 3 is 2.65 bits per heavy atom. The van der Waals surface area contributed by atoms with Crippen LogP contribution in [0.2, 0.25) is 5.02 Å². The summed E-state index contributed by atoms with van der Waals surface area (Å²) in [5.41, 5.74) is 6.63. The summed E-state index contributed by atoms with van der Waals surface area (Å²) in [6.45, 7) is 0. The molecule has 0 fully saturated rings. The Morgan fingerprint density at radius 2 is 2.15 bits per heavy atom. The maximum atomic E-state index is 12.7. The molecule has 0 amide bonds. The Morgan fingerprint density at radius 1 is 1.50 bits per heavy atom. The zero-order valence-corrected chi connectivity index (χ0v) is 10.7. The minimum absolute atomic E-state index is 0.116. The molecule has 0 radical (unpaired) electrons. The van der Waals surface area contributed by atoms with Crippen molar-refractivity contribution >= 4 is 23.6 Å². The molecule has 1 aromatic carbocycles. The monoisotopic (exact) mass is 305 g/mol. The van der Waals surface area contributed by atoms with E-state index in [0.717, 1.165) is 25.3 Å². The molecular weight excluding hydrogens is 299 g/mol. The Bertz CT molecular complexity index is 607. The number of hydrogen-bond acceptors (Lipinski definition) is 3. The van der Waals surface area contributed by atoms with Gasteiger partial charge < -0.3 is 4.74 Å². The predicted octanol–water partition coefficient (Wildman–Crippen LogP) is 4.18. The summed E-state index contributed by atoms with van der Waals surface area (Å²) < 4.78 is 42.3. The van der Waals surface area contributed by atoms with Crippen LogP contribution in [0.1, 0.15) is 11.1 Å². The van der Waals surface area contributed by atoms with Gasteiger partial charge in [-0.3, -0.25) is 0 Å². The fourth-order valence-corrected chi connectivity index (χ4v) is 1.60. The van der Waals surface area contributed by atoms with E-state index in [4.69, 9.17) is 17.1 Å². The van der Waals surface area contributed by atoms with Crippen molar-refractivity contribution in [1.29, 1.82) is 0 Å². The number of esters is 1. The third-order valence-corrected chi connectivity index (χ3v) is 2.60. The van der Waals surface area contributed by atoms with Crippen LogP contribution in [0.4, 0.5) is 13.2 Å². The van der Waals surface area contributed by atoms with Crippen molar-refractivity contribution in [2.75, 3.05) is 7.11 Å². The Hall–Kier alpha value is -2.18. The summed E-state index contributed by atoms with van der Waals surface area (Å²) >= 11 is 5.63. The van der Waals surface area contributed by atoms with Gasteiger partial charge in [0.15, 0.2) is 0 Å². The van der Waals surface area contributed by atoms with Crippen LogP contribution in [-0.4, -0.2) is 13.1 Å². The quantitative estimate of drug-likeness (QED) is 0.276. The molecule has 0 aliphatic rings. The number of hydrogen-bond donors (Lipinski definition) is 0. The molecule has 0 N–H and O–H groups in total. The number of benzene rings is 1. The molecular formula is C11H7ClF3N3O2. The van der Waals surface area contributed by atoms with Crippen LogP contribution in [0.3, 0.4) is 0 Å². The molecule has 1 aromatic rings. The lowest BCUT2D eigenvalue weighted by Gasteiger charge is -2.10. The number of halogens is 4. The first kappa shape index (κ1) is 15.9. The van der Waals surface area contributed by atoms with Crippen LogP contribution in [0.5, 0.6) is 0 Å². The zero-order valence-electron chi connectivity index (χ0n) is 9.98. The molecule has 0 aliphatic carbocycles. The molecule has 0 spiro atoms. The van der Waals surface area contributed by atoms with Gasteiger partial charge in [-0.05, 0) is 23.2 Å². The van der Waals surface area contributed by atoms with Gasteiger partial charge in [-0.15, -0.1) is 0 Å². The van der Waals surface area contributed by atoms with Crippen molar-refractivity contribution < 1.29 is 22.7 Å². The van der Waals surface area contributed by atoms with Crippen LogP contribution >= 0.6 is 11.6 Å². The van der Waals surface area contributed by atoms with Gasteiger partial charge in [0.25, 0.3) is 0 Å². The average molecular weight is 306 g/mol. The molecule has 0 aromatic heterocycles. The zero-order chi connectivity index (χ0) is 15.3. The van der Waals surface area contributed by atoms with E-state index in [1.54, 1.807) is 0 Å². The lowest BCUT2D eigenvalue weighted by Crippen LogP contribution is -2.07. The van der Waals surface area contributed by atoms with Gasteiger partial charge in [0.1, 0.15) is 5.70 Å². The molecule has 0 saturated heterocycles. The van der Waals surface area contributed by atoms with Gasteiger partial charge in [0.05, 0.1) is 17.7 Å². The van der Waals surface area contributed by atoms with Crippen molar-refractivity contribution in [1.82, 2.24) is 0 Å². The average Bonchev–Trinajstić information content (AvgIpc) is 2.38. The van der Waals surface area contributed by atoms with E-state index in [-0.39, 0.29) is 5.56 Å². The topological polar surface area (TPSA) is 75.1 Å². The molecule has 5 nitrogen and oxygen atoms in total. The largest absolute Gasteiger partial charge is 0.466 e. The highest BCUT2D eigenvalue weighted by molar-refractivity contribution is 6.33. The second-order valence-corrected chi connectivity index (χ2v) is 3.80. The third-order valence-electron chi connectivity index (χ3n) is 2.17. The van der Waals surface area contributed by atoms with Crippen molar-refractivity contribution in [3.63, 3.8) is 0 Å². The van der Waals surface area contributed by atoms with Crippen LogP contribution < -0.4 is 0 Å². The first-order valence-electron chi connectivity index (χ1n) is 5.02. The summed E-state index contributed by atoms with van der Waals surface area (Å²) in [5.74, 6) is -0.990. The number of azide groups is 1. The molecule has 0 bridgehead atoms. The van der Waals surface area contributed by atoms with E-state index < -0.39 is 28.4 Å². The van der Waals surface area contributed by atoms with Gasteiger partial charge in [0.2, 0.25) is 0 Å². The number of alkyl halides is 3. The second-order valence-electron chi connectivity index (χ2n) is 3.42. The summed E-state index contributed by atoms with van der Waals surface area (Å²) in [4.78, 5) is 13.7. The molecule has 0 atom stereocenters. The molecule has 106 valence electrons. The van der Waals surface area contributed by atoms with Gasteiger partial charge in [-0.25, -0.2) is 4.79 Å². The van der Waals surface area contributed by atoms with Gasteiger partial charge in [-0.1, -0.05) is 28.8 Å². The number of ether oxygens (including phenoxy) is 1. The minimum Gasteiger partial charge on any atom is -0.466 e. The molecule has 0 heterocycles. The van der Waals surface area contributed by atoms with E-state index in [0.29, 0.717) is 0 Å². The smallest absolute Gasteiger partial charge is 0.417 e. The number of methoxy groups -OCH3 is 1. The van der Waals surface area contributed by atoms with Crippen molar-refractivity contribution in [3.8, 4) is 0 Å². The number of rotatable bonds is 3. The minimum atomic E-state index is -4.63. The fourth-order valence-electron chi connectivity index (χ4n) is 1.31. The van der Waals surface area contributed by atoms with Crippen LogP contribution in [0.25, 0.3) is 16.5 Å². The molecule has 1 rings (SSSR count). The standard InChI is InChI=1S/C11H7ClF3N3O2/c1-20-10(19)8(17-18-16)5-6-3-2-4-7(9(6)12)11(13,14)15/h2-5H,1H3/b8-5-. The highest BCUT2D eigenvalue weighted by atomic mass is 35.5. The number of carbonyl (C=O) groups excluding carboxylic acids is 1. The van der Waals surface area contributed by atoms with E-state index >= 15 is 0 Å². The first-order chi connectivity index (χ1) is 9.31. The molecule has 0 saturated carbocycles. The highest BCUT2D eigenvalue weighted by Crippen LogP contribution is 2.36. The Labute approximate surface area is 116 Å². The lowest BCUT2D eigenvalue weighted by atomic mass is 10.1. The molecule has 0 unspecified atom stereocenters. The Balaban J connectivity index is 3.40. The summed E-state index contributed by atoms with van der Waals surface area (Å²) in [6.07, 6.45) is -3.71. The molecule has 20 heavy (non-hydrogen) atoms. The summed E-state index contributed by atoms with van der Waals surface area (Å²) in [5, 5.41) is 2.45. The highest BCUT2D eigenvalue weighted by Gasteiger charge is 2.33. The van der Waals surface area contributed by atoms with Gasteiger partial charge in [-0.2, -0.15) is 13.2 Å². The van der Waals surface area contributed by atoms with Crippen LogP contribution in [-0.2, 0) is 15.7 Å². The normalized spacial score (nSPS) is 11.8. The lowest BCUT2D eigenvalue weighted by molar-refractivity contribution is -0.137. The first-order valence-corrected chi connectivity index (χ1v) is 5.40. The summed E-state index contributed by atoms with van der Waals surface area (Å²) in [6, 6.07) is 3.16. The third kappa shape index (κ3) is 3.66. The Kier molecular flexibility index (Phi) is 5.01. The molecule has 9 heteroatoms. The van der Waals surface area contributed by atoms with Gasteiger partial charge >= 0.3 is 12.1 Å². The van der Waals surface area contributed by atoms with E-state index in [1.165, 1.54) is 6.07 Å². The maximum absolute atomic E-state index is 12.7. The van der Waals surface area contributed by atoms with E-state index in [1.807, 2.05) is 0 Å². The van der Waals surface area contributed by atoms with E-state index in [9.17, 15) is 18.0 Å². The van der Waals surface area contributed by atoms with Crippen molar-refractivity contribution in [2.45, 2.75) is 6.18 Å². The SMILES string of the molecule is COC(=O)/C(=C/c1cccc(C(F)(F)F)c1Cl)N=[N+]=[N-]. The predicted molar refractivity (Wildman–Crippen MR) is 65.6 cm³/mol. The van der Waals surface area contributed by atoms with Crippen molar-refractivity contribution in [2.24, 2.45) is 5.11 Å². The molecule has 0 aliphatic heterocycles.